The van der Waals surface area contributed by atoms with Gasteiger partial charge in [0.2, 0.25) is 0 Å². The van der Waals surface area contributed by atoms with Gasteiger partial charge in [0.25, 0.3) is 0 Å². The van der Waals surface area contributed by atoms with E-state index < -0.39 is 12.3 Å². The van der Waals surface area contributed by atoms with Crippen molar-refractivity contribution >= 4 is 27.8 Å². The fourth-order valence-electron chi connectivity index (χ4n) is 0.726. The van der Waals surface area contributed by atoms with Gasteiger partial charge in [-0.3, -0.25) is 5.32 Å². The van der Waals surface area contributed by atoms with Crippen LogP contribution in [0.25, 0.3) is 0 Å². The van der Waals surface area contributed by atoms with E-state index in [1.54, 1.807) is 0 Å². The zero-order valence-corrected chi connectivity index (χ0v) is 8.69. The van der Waals surface area contributed by atoms with Gasteiger partial charge in [-0.25, -0.2) is 15.1 Å². The lowest BCUT2D eigenvalue weighted by Gasteiger charge is -2.09. The lowest BCUT2D eigenvalue weighted by molar-refractivity contribution is -0.144. The Labute approximate surface area is 91.0 Å². The Morgan fingerprint density at radius 3 is 2.53 bits per heavy atom. The van der Waals surface area contributed by atoms with E-state index in [-0.39, 0.29) is 5.82 Å². The van der Waals surface area contributed by atoms with Gasteiger partial charge in [-0.1, -0.05) is 0 Å². The highest BCUT2D eigenvalue weighted by molar-refractivity contribution is 9.10. The van der Waals surface area contributed by atoms with E-state index >= 15 is 0 Å². The van der Waals surface area contributed by atoms with Crippen molar-refractivity contribution in [3.05, 3.63) is 22.8 Å². The molecule has 1 aromatic rings. The van der Waals surface area contributed by atoms with Gasteiger partial charge in [0.1, 0.15) is 5.82 Å². The lowest BCUT2D eigenvalue weighted by Crippen LogP contribution is -2.40. The van der Waals surface area contributed by atoms with E-state index in [0.29, 0.717) is 4.47 Å². The van der Waals surface area contributed by atoms with Crippen LogP contribution in [0.15, 0.2) is 22.8 Å². The maximum atomic E-state index is 11.7. The van der Waals surface area contributed by atoms with E-state index in [0.717, 1.165) is 5.32 Å². The number of pyridine rings is 1. The quantitative estimate of drug-likeness (QED) is 0.778. The summed E-state index contributed by atoms with van der Waals surface area (Å²) in [4.78, 5) is 14.4. The standard InChI is InChI=1S/C7H5BrF3N3O/c8-4-1-2-5(12-3-4)13-6(15)14-7(9,10)11/h1-3H,(H2,12,13,14,15). The molecular weight excluding hydrogens is 279 g/mol. The lowest BCUT2D eigenvalue weighted by atomic mass is 10.5. The molecule has 0 aliphatic carbocycles. The summed E-state index contributed by atoms with van der Waals surface area (Å²) in [7, 11) is 0. The molecule has 0 radical (unpaired) electrons. The third-order valence-corrected chi connectivity index (χ3v) is 1.69. The second-order valence-electron chi connectivity index (χ2n) is 2.44. The summed E-state index contributed by atoms with van der Waals surface area (Å²) in [6, 6.07) is 1.52. The second-order valence-corrected chi connectivity index (χ2v) is 3.35. The number of hydrogen-bond acceptors (Lipinski definition) is 2. The van der Waals surface area contributed by atoms with Crippen molar-refractivity contribution in [1.82, 2.24) is 10.3 Å². The molecule has 0 bridgehead atoms. The molecular formula is C7H5BrF3N3O. The first-order valence-electron chi connectivity index (χ1n) is 3.64. The van der Waals surface area contributed by atoms with Crippen LogP contribution in [-0.2, 0) is 0 Å². The summed E-state index contributed by atoms with van der Waals surface area (Å²) >= 11 is 3.09. The molecule has 1 rings (SSSR count). The molecule has 15 heavy (non-hydrogen) atoms. The minimum Gasteiger partial charge on any atom is -0.292 e. The van der Waals surface area contributed by atoms with Gasteiger partial charge in [0, 0.05) is 10.7 Å². The first-order chi connectivity index (χ1) is 6.87. The molecule has 1 heterocycles. The number of carbonyl (C=O) groups is 1. The van der Waals surface area contributed by atoms with Crippen LogP contribution >= 0.6 is 15.9 Å². The van der Waals surface area contributed by atoms with Gasteiger partial charge in [-0.15, -0.1) is 0 Å². The first-order valence-corrected chi connectivity index (χ1v) is 4.43. The molecule has 0 atom stereocenters. The van der Waals surface area contributed by atoms with Crippen molar-refractivity contribution in [2.45, 2.75) is 6.30 Å². The SMILES string of the molecule is O=C(Nc1ccc(Br)cn1)NC(F)(F)F. The maximum absolute atomic E-state index is 11.7. The number of hydrogen-bond donors (Lipinski definition) is 2. The summed E-state index contributed by atoms with van der Waals surface area (Å²) in [5.74, 6) is 0.0277. The van der Waals surface area contributed by atoms with Crippen molar-refractivity contribution in [1.29, 1.82) is 0 Å². The van der Waals surface area contributed by atoms with Crippen LogP contribution in [0.2, 0.25) is 0 Å². The van der Waals surface area contributed by atoms with Gasteiger partial charge in [0.15, 0.2) is 0 Å². The molecule has 2 amide bonds. The van der Waals surface area contributed by atoms with Gasteiger partial charge >= 0.3 is 12.3 Å². The Kier molecular flexibility index (Phi) is 3.51. The average Bonchev–Trinajstić information content (AvgIpc) is 2.05. The first kappa shape index (κ1) is 11.8. The smallest absolute Gasteiger partial charge is 0.292 e. The van der Waals surface area contributed by atoms with Crippen LogP contribution in [0.5, 0.6) is 0 Å². The van der Waals surface area contributed by atoms with Crippen LogP contribution < -0.4 is 10.6 Å². The molecule has 0 spiro atoms. The van der Waals surface area contributed by atoms with Crippen LogP contribution in [0.3, 0.4) is 0 Å². The van der Waals surface area contributed by atoms with Crippen molar-refractivity contribution in [3.63, 3.8) is 0 Å². The predicted molar refractivity (Wildman–Crippen MR) is 50.1 cm³/mol. The zero-order valence-electron chi connectivity index (χ0n) is 7.10. The number of halogens is 4. The molecule has 82 valence electrons. The summed E-state index contributed by atoms with van der Waals surface area (Å²) in [5.41, 5.74) is 0. The number of aromatic nitrogens is 1. The van der Waals surface area contributed by atoms with Crippen molar-refractivity contribution < 1.29 is 18.0 Å². The normalized spacial score (nSPS) is 10.9. The van der Waals surface area contributed by atoms with Crippen molar-refractivity contribution in [2.75, 3.05) is 5.32 Å². The summed E-state index contributed by atoms with van der Waals surface area (Å²) in [5, 5.41) is 2.70. The Balaban J connectivity index is 2.55. The van der Waals surface area contributed by atoms with Gasteiger partial charge in [-0.2, -0.15) is 13.2 Å². The van der Waals surface area contributed by atoms with Crippen LogP contribution in [-0.4, -0.2) is 17.3 Å². The summed E-state index contributed by atoms with van der Waals surface area (Å²) in [6.07, 6.45) is -3.40. The van der Waals surface area contributed by atoms with Gasteiger partial charge in [0.05, 0.1) is 0 Å². The molecule has 1 aromatic heterocycles. The zero-order chi connectivity index (χ0) is 11.5. The predicted octanol–water partition coefficient (Wildman–Crippen LogP) is 2.49. The fraction of sp³-hybridized carbons (Fsp3) is 0.143. The molecule has 0 unspecified atom stereocenters. The topological polar surface area (TPSA) is 54.0 Å². The minimum absolute atomic E-state index is 0.0277. The number of carbonyl (C=O) groups excluding carboxylic acids is 1. The van der Waals surface area contributed by atoms with Crippen molar-refractivity contribution in [2.24, 2.45) is 0 Å². The van der Waals surface area contributed by atoms with Gasteiger partial charge in [-0.05, 0) is 28.1 Å². The molecule has 4 nitrogen and oxygen atoms in total. The highest BCUT2D eigenvalue weighted by Gasteiger charge is 2.30. The largest absolute Gasteiger partial charge is 0.485 e. The van der Waals surface area contributed by atoms with Gasteiger partial charge < -0.3 is 0 Å². The number of alkyl halides is 3. The molecule has 0 aliphatic rings. The second kappa shape index (κ2) is 4.47. The summed E-state index contributed by atoms with van der Waals surface area (Å²) < 4.78 is 35.7. The van der Waals surface area contributed by atoms with E-state index in [1.807, 2.05) is 5.32 Å². The number of rotatable bonds is 1. The highest BCUT2D eigenvalue weighted by Crippen LogP contribution is 2.12. The minimum atomic E-state index is -4.75. The number of nitrogens with one attached hydrogen (secondary N) is 2. The third kappa shape index (κ3) is 4.63. The third-order valence-electron chi connectivity index (χ3n) is 1.22. The number of nitrogens with zero attached hydrogens (tertiary/aromatic N) is 1. The Morgan fingerprint density at radius 1 is 1.40 bits per heavy atom. The molecule has 0 saturated carbocycles. The van der Waals surface area contributed by atoms with Crippen LogP contribution in [0.1, 0.15) is 0 Å². The molecule has 0 fully saturated rings. The Hall–Kier alpha value is -1.31. The van der Waals surface area contributed by atoms with E-state index in [4.69, 9.17) is 0 Å². The maximum Gasteiger partial charge on any atom is 0.485 e. The Morgan fingerprint density at radius 2 is 2.07 bits per heavy atom. The molecule has 0 aromatic carbocycles. The van der Waals surface area contributed by atoms with E-state index in [1.165, 1.54) is 18.3 Å². The molecule has 2 N–H and O–H groups in total. The van der Waals surface area contributed by atoms with Crippen LogP contribution in [0, 0.1) is 0 Å². The van der Waals surface area contributed by atoms with Crippen LogP contribution in [0.4, 0.5) is 23.8 Å². The number of urea groups is 1. The number of amides is 2. The molecule has 0 saturated heterocycles. The summed E-state index contributed by atoms with van der Waals surface area (Å²) in [6.45, 7) is 0. The average molecular weight is 284 g/mol. The van der Waals surface area contributed by atoms with E-state index in [9.17, 15) is 18.0 Å². The van der Waals surface area contributed by atoms with Crippen molar-refractivity contribution in [3.8, 4) is 0 Å². The van der Waals surface area contributed by atoms with E-state index in [2.05, 4.69) is 20.9 Å². The number of anilines is 1. The monoisotopic (exact) mass is 283 g/mol. The molecule has 0 aliphatic heterocycles. The molecule has 8 heteroatoms. The highest BCUT2D eigenvalue weighted by atomic mass is 79.9. The Bertz CT molecular complexity index is 351. The fourth-order valence-corrected chi connectivity index (χ4v) is 0.961.